The highest BCUT2D eigenvalue weighted by atomic mass is 16.5. The average Bonchev–Trinajstić information content (AvgIpc) is 3.15. The van der Waals surface area contributed by atoms with Gasteiger partial charge in [-0.05, 0) is 51.3 Å². The van der Waals surface area contributed by atoms with E-state index in [1.807, 2.05) is 67.6 Å². The Balaban J connectivity index is 1.62. The molecule has 0 spiro atoms. The van der Waals surface area contributed by atoms with Crippen molar-refractivity contribution in [3.05, 3.63) is 71.8 Å². The van der Waals surface area contributed by atoms with Crippen molar-refractivity contribution >= 4 is 17.7 Å². The fraction of sp³-hybridized carbons (Fsp3) is 0.483. The van der Waals surface area contributed by atoms with E-state index in [0.29, 0.717) is 32.5 Å². The first-order chi connectivity index (χ1) is 18.2. The SMILES string of the molecule is CCN1C(=O)C2(Cc3ccccc3)CNCCC2N1C(=O)C(COCc1ccccc1)NC(=O)C(C)(C)N. The summed E-state index contributed by atoms with van der Waals surface area (Å²) in [6.45, 7) is 6.78. The van der Waals surface area contributed by atoms with Crippen LogP contribution in [0.25, 0.3) is 0 Å². The Labute approximate surface area is 224 Å². The molecule has 0 aromatic heterocycles. The van der Waals surface area contributed by atoms with Gasteiger partial charge < -0.3 is 21.1 Å². The number of rotatable bonds is 10. The second-order valence-corrected chi connectivity index (χ2v) is 10.8. The fourth-order valence-corrected chi connectivity index (χ4v) is 5.37. The summed E-state index contributed by atoms with van der Waals surface area (Å²) in [6.07, 6.45) is 1.14. The first-order valence-corrected chi connectivity index (χ1v) is 13.3. The van der Waals surface area contributed by atoms with Crippen molar-refractivity contribution in [2.24, 2.45) is 11.1 Å². The minimum absolute atomic E-state index is 0.0472. The number of hydrogen-bond donors (Lipinski definition) is 3. The molecule has 4 N–H and O–H groups in total. The van der Waals surface area contributed by atoms with Crippen LogP contribution in [0.1, 0.15) is 38.3 Å². The number of ether oxygens (including phenoxy) is 1. The van der Waals surface area contributed by atoms with E-state index >= 15 is 0 Å². The van der Waals surface area contributed by atoms with Crippen LogP contribution in [0.4, 0.5) is 0 Å². The lowest BCUT2D eigenvalue weighted by molar-refractivity contribution is -0.160. The Morgan fingerprint density at radius 2 is 1.76 bits per heavy atom. The van der Waals surface area contributed by atoms with Gasteiger partial charge in [0.05, 0.1) is 30.2 Å². The normalized spacial score (nSPS) is 22.2. The third-order valence-corrected chi connectivity index (χ3v) is 7.36. The number of carbonyl (C=O) groups excluding carboxylic acids is 3. The van der Waals surface area contributed by atoms with Crippen LogP contribution in [0.15, 0.2) is 60.7 Å². The molecule has 9 heteroatoms. The lowest BCUT2D eigenvalue weighted by Crippen LogP contribution is -2.61. The van der Waals surface area contributed by atoms with Crippen molar-refractivity contribution < 1.29 is 19.1 Å². The van der Waals surface area contributed by atoms with Crippen molar-refractivity contribution in [2.75, 3.05) is 26.2 Å². The molecule has 0 aliphatic carbocycles. The first-order valence-electron chi connectivity index (χ1n) is 13.3. The minimum Gasteiger partial charge on any atom is -0.374 e. The number of hydrogen-bond acceptors (Lipinski definition) is 6. The summed E-state index contributed by atoms with van der Waals surface area (Å²) in [5.74, 6) is -0.912. The fourth-order valence-electron chi connectivity index (χ4n) is 5.37. The van der Waals surface area contributed by atoms with Gasteiger partial charge in [0.1, 0.15) is 6.04 Å². The molecule has 0 radical (unpaired) electrons. The lowest BCUT2D eigenvalue weighted by atomic mass is 9.72. The molecule has 0 saturated carbocycles. The minimum atomic E-state index is -1.19. The number of carbonyl (C=O) groups is 3. The van der Waals surface area contributed by atoms with Gasteiger partial charge in [0.2, 0.25) is 5.91 Å². The van der Waals surface area contributed by atoms with Gasteiger partial charge in [0, 0.05) is 13.1 Å². The molecule has 3 unspecified atom stereocenters. The third-order valence-electron chi connectivity index (χ3n) is 7.36. The Morgan fingerprint density at radius 3 is 2.37 bits per heavy atom. The zero-order valence-electron chi connectivity index (χ0n) is 22.5. The van der Waals surface area contributed by atoms with Crippen LogP contribution in [-0.2, 0) is 32.1 Å². The van der Waals surface area contributed by atoms with E-state index in [4.69, 9.17) is 10.5 Å². The molecule has 2 heterocycles. The zero-order valence-corrected chi connectivity index (χ0v) is 22.5. The molecule has 2 aromatic rings. The molecule has 2 aromatic carbocycles. The topological polar surface area (TPSA) is 117 Å². The molecule has 4 rings (SSSR count). The summed E-state index contributed by atoms with van der Waals surface area (Å²) in [6, 6.07) is 18.2. The average molecular weight is 522 g/mol. The van der Waals surface area contributed by atoms with Gasteiger partial charge >= 0.3 is 0 Å². The van der Waals surface area contributed by atoms with E-state index in [1.54, 1.807) is 23.9 Å². The Kier molecular flexibility index (Phi) is 8.50. The Hall–Kier alpha value is -3.27. The summed E-state index contributed by atoms with van der Waals surface area (Å²) in [7, 11) is 0. The van der Waals surface area contributed by atoms with Crippen LogP contribution in [0, 0.1) is 5.41 Å². The highest BCUT2D eigenvalue weighted by Gasteiger charge is 2.60. The number of nitrogens with one attached hydrogen (secondary N) is 2. The predicted octanol–water partition coefficient (Wildman–Crippen LogP) is 1.62. The second kappa shape index (κ2) is 11.6. The van der Waals surface area contributed by atoms with Crippen LogP contribution in [0.2, 0.25) is 0 Å². The van der Waals surface area contributed by atoms with Crippen molar-refractivity contribution in [3.63, 3.8) is 0 Å². The highest BCUT2D eigenvalue weighted by molar-refractivity contribution is 5.95. The molecule has 204 valence electrons. The highest BCUT2D eigenvalue weighted by Crippen LogP contribution is 2.43. The standard InChI is InChI=1S/C29H39N5O4/c1-4-33-27(37)29(17-21-11-7-5-8-12-21)20-31-16-15-24(29)34(33)25(35)23(32-26(36)28(2,3)30)19-38-18-22-13-9-6-10-14-22/h5-14,23-24,31H,4,15-20,30H2,1-3H3,(H,32,36). The van der Waals surface area contributed by atoms with Crippen LogP contribution < -0.4 is 16.4 Å². The molecule has 2 aliphatic heterocycles. The maximum absolute atomic E-state index is 14.2. The summed E-state index contributed by atoms with van der Waals surface area (Å²) in [5, 5.41) is 9.33. The molecule has 0 bridgehead atoms. The number of piperidine rings is 1. The molecule has 2 saturated heterocycles. The van der Waals surface area contributed by atoms with Crippen molar-refractivity contribution in [1.82, 2.24) is 20.7 Å². The van der Waals surface area contributed by atoms with E-state index in [2.05, 4.69) is 10.6 Å². The van der Waals surface area contributed by atoms with Gasteiger partial charge in [-0.15, -0.1) is 0 Å². The van der Waals surface area contributed by atoms with E-state index in [-0.39, 0.29) is 31.1 Å². The van der Waals surface area contributed by atoms with E-state index < -0.39 is 22.9 Å². The van der Waals surface area contributed by atoms with Gasteiger partial charge in [-0.2, -0.15) is 0 Å². The van der Waals surface area contributed by atoms with Crippen LogP contribution >= 0.6 is 0 Å². The maximum atomic E-state index is 14.2. The van der Waals surface area contributed by atoms with Crippen LogP contribution in [0.3, 0.4) is 0 Å². The van der Waals surface area contributed by atoms with Crippen LogP contribution in [-0.4, -0.2) is 71.6 Å². The molecule has 3 atom stereocenters. The van der Waals surface area contributed by atoms with Crippen molar-refractivity contribution in [2.45, 2.75) is 57.8 Å². The number of fused-ring (bicyclic) bond motifs is 1. The molecular formula is C29H39N5O4. The predicted molar refractivity (Wildman–Crippen MR) is 144 cm³/mol. The van der Waals surface area contributed by atoms with Gasteiger partial charge in [-0.3, -0.25) is 19.4 Å². The molecular weight excluding hydrogens is 482 g/mol. The monoisotopic (exact) mass is 521 g/mol. The number of nitrogens with zero attached hydrogens (tertiary/aromatic N) is 2. The van der Waals surface area contributed by atoms with Gasteiger partial charge in [-0.1, -0.05) is 60.7 Å². The maximum Gasteiger partial charge on any atom is 0.266 e. The first kappa shape index (κ1) is 27.8. The quantitative estimate of drug-likeness (QED) is 0.438. The van der Waals surface area contributed by atoms with Crippen molar-refractivity contribution in [1.29, 1.82) is 0 Å². The van der Waals surface area contributed by atoms with E-state index in [9.17, 15) is 14.4 Å². The Bertz CT molecular complexity index is 1120. The van der Waals surface area contributed by atoms with Crippen molar-refractivity contribution in [3.8, 4) is 0 Å². The van der Waals surface area contributed by atoms with Gasteiger partial charge in [0.15, 0.2) is 0 Å². The number of nitrogens with two attached hydrogens (primary N) is 1. The number of hydrazine groups is 1. The summed E-state index contributed by atoms with van der Waals surface area (Å²) in [5.41, 5.74) is 6.06. The molecule has 2 fully saturated rings. The second-order valence-electron chi connectivity index (χ2n) is 10.8. The smallest absolute Gasteiger partial charge is 0.266 e. The molecule has 2 aliphatic rings. The lowest BCUT2D eigenvalue weighted by Gasteiger charge is -2.40. The van der Waals surface area contributed by atoms with E-state index in [0.717, 1.165) is 11.1 Å². The summed E-state index contributed by atoms with van der Waals surface area (Å²) in [4.78, 5) is 41.0. The molecule has 3 amide bonds. The summed E-state index contributed by atoms with van der Waals surface area (Å²) < 4.78 is 5.91. The number of benzene rings is 2. The van der Waals surface area contributed by atoms with E-state index in [1.165, 1.54) is 0 Å². The largest absolute Gasteiger partial charge is 0.374 e. The summed E-state index contributed by atoms with van der Waals surface area (Å²) >= 11 is 0. The third kappa shape index (κ3) is 5.75. The zero-order chi connectivity index (χ0) is 27.3. The number of amides is 3. The Morgan fingerprint density at radius 1 is 1.13 bits per heavy atom. The molecule has 9 nitrogen and oxygen atoms in total. The van der Waals surface area contributed by atoms with Gasteiger partial charge in [0.25, 0.3) is 11.8 Å². The van der Waals surface area contributed by atoms with Gasteiger partial charge in [-0.25, -0.2) is 5.01 Å². The molecule has 38 heavy (non-hydrogen) atoms. The van der Waals surface area contributed by atoms with Crippen LogP contribution in [0.5, 0.6) is 0 Å².